The fourth-order valence-corrected chi connectivity index (χ4v) is 2.50. The molecule has 1 rings (SSSR count). The fourth-order valence-electron chi connectivity index (χ4n) is 1.55. The number of hydrogen-bond acceptors (Lipinski definition) is 4. The van der Waals surface area contributed by atoms with Gasteiger partial charge in [0.25, 0.3) is 0 Å². The van der Waals surface area contributed by atoms with Crippen LogP contribution in [-0.4, -0.2) is 40.0 Å². The Bertz CT molecular complexity index is 285. The molecule has 1 aliphatic heterocycles. The molecule has 1 fully saturated rings. The summed E-state index contributed by atoms with van der Waals surface area (Å²) in [5, 5.41) is 0.334. The second kappa shape index (κ2) is 5.08. The van der Waals surface area contributed by atoms with Crippen LogP contribution in [0.15, 0.2) is 0 Å². The van der Waals surface area contributed by atoms with Crippen molar-refractivity contribution >= 4 is 23.0 Å². The van der Waals surface area contributed by atoms with Crippen LogP contribution < -0.4 is 0 Å². The molecule has 1 heterocycles. The van der Waals surface area contributed by atoms with Gasteiger partial charge in [-0.15, -0.1) is 0 Å². The van der Waals surface area contributed by atoms with Crippen molar-refractivity contribution in [3.05, 3.63) is 0 Å². The molecule has 1 aliphatic rings. The van der Waals surface area contributed by atoms with Gasteiger partial charge in [0, 0.05) is 25.3 Å². The molecule has 0 aromatic carbocycles. The number of rotatable bonds is 1. The fraction of sp³-hybridized carbons (Fsp3) is 0.818. The minimum Gasteiger partial charge on any atom is -0.444 e. The second-order valence-electron chi connectivity index (χ2n) is 4.95. The van der Waals surface area contributed by atoms with Gasteiger partial charge in [0.05, 0.1) is 0 Å². The average Bonchev–Trinajstić information content (AvgIpc) is 2.48. The van der Waals surface area contributed by atoms with Gasteiger partial charge in [-0.05, 0) is 27.2 Å². The van der Waals surface area contributed by atoms with E-state index < -0.39 is 5.60 Å². The first-order valence-electron chi connectivity index (χ1n) is 5.43. The summed E-state index contributed by atoms with van der Waals surface area (Å²) < 4.78 is 5.27. The maximum atomic E-state index is 11.7. The number of ether oxygens (including phenoxy) is 1. The first kappa shape index (κ1) is 13.4. The summed E-state index contributed by atoms with van der Waals surface area (Å²) in [6, 6.07) is 0. The Morgan fingerprint density at radius 3 is 2.50 bits per heavy atom. The zero-order valence-corrected chi connectivity index (χ0v) is 11.1. The van der Waals surface area contributed by atoms with Crippen molar-refractivity contribution in [1.82, 2.24) is 4.90 Å². The molecule has 0 N–H and O–H groups in total. The third-order valence-corrected chi connectivity index (χ3v) is 3.18. The maximum absolute atomic E-state index is 11.7. The monoisotopic (exact) mass is 245 g/mol. The third kappa shape index (κ3) is 4.43. The van der Waals surface area contributed by atoms with Gasteiger partial charge in [-0.3, -0.25) is 4.79 Å². The molecular weight excluding hydrogens is 226 g/mol. The molecule has 16 heavy (non-hydrogen) atoms. The van der Waals surface area contributed by atoms with E-state index in [1.54, 1.807) is 11.8 Å². The number of carbonyl (C=O) groups excluding carboxylic acids is 2. The number of thioether (sulfide) groups is 1. The summed E-state index contributed by atoms with van der Waals surface area (Å²) in [4.78, 5) is 24.3. The molecule has 0 aromatic rings. The van der Waals surface area contributed by atoms with Gasteiger partial charge in [-0.25, -0.2) is 4.79 Å². The van der Waals surface area contributed by atoms with Crippen LogP contribution in [-0.2, 0) is 9.53 Å². The van der Waals surface area contributed by atoms with Crippen LogP contribution >= 0.6 is 11.8 Å². The van der Waals surface area contributed by atoms with Crippen LogP contribution in [0.3, 0.4) is 0 Å². The van der Waals surface area contributed by atoms with Crippen LogP contribution in [0.5, 0.6) is 0 Å². The van der Waals surface area contributed by atoms with Gasteiger partial charge in [0.2, 0.25) is 0 Å². The van der Waals surface area contributed by atoms with Gasteiger partial charge in [-0.1, -0.05) is 11.8 Å². The number of nitrogens with zero attached hydrogens (tertiary/aromatic N) is 1. The van der Waals surface area contributed by atoms with E-state index in [4.69, 9.17) is 4.74 Å². The van der Waals surface area contributed by atoms with E-state index in [2.05, 4.69) is 0 Å². The highest BCUT2D eigenvalue weighted by atomic mass is 32.2. The first-order valence-corrected chi connectivity index (χ1v) is 6.31. The molecule has 1 atom stereocenters. The van der Waals surface area contributed by atoms with Crippen molar-refractivity contribution < 1.29 is 14.3 Å². The molecular formula is C11H19NO3S. The van der Waals surface area contributed by atoms with Gasteiger partial charge in [0.15, 0.2) is 5.12 Å². The average molecular weight is 245 g/mol. The Morgan fingerprint density at radius 1 is 1.38 bits per heavy atom. The molecule has 0 aliphatic carbocycles. The van der Waals surface area contributed by atoms with Crippen molar-refractivity contribution in [2.24, 2.45) is 0 Å². The molecule has 5 heteroatoms. The van der Waals surface area contributed by atoms with Crippen LogP contribution in [0.25, 0.3) is 0 Å². The molecule has 1 saturated heterocycles. The van der Waals surface area contributed by atoms with E-state index in [0.29, 0.717) is 13.1 Å². The Hall–Kier alpha value is -0.710. The number of amides is 1. The van der Waals surface area contributed by atoms with Crippen molar-refractivity contribution in [2.75, 3.05) is 13.1 Å². The summed E-state index contributed by atoms with van der Waals surface area (Å²) in [5.41, 5.74) is -0.455. The summed E-state index contributed by atoms with van der Waals surface area (Å²) in [6.07, 6.45) is 0.586. The lowest BCUT2D eigenvalue weighted by Crippen LogP contribution is -2.35. The van der Waals surface area contributed by atoms with Gasteiger partial charge in [0.1, 0.15) is 5.60 Å². The largest absolute Gasteiger partial charge is 0.444 e. The summed E-state index contributed by atoms with van der Waals surface area (Å²) in [5.74, 6) is 0. The number of carbonyl (C=O) groups is 2. The quantitative estimate of drug-likeness (QED) is 0.711. The van der Waals surface area contributed by atoms with Crippen molar-refractivity contribution in [2.45, 2.75) is 45.0 Å². The Labute approximate surface area is 101 Å². The summed E-state index contributed by atoms with van der Waals surface area (Å²) >= 11 is 1.31. The van der Waals surface area contributed by atoms with E-state index in [-0.39, 0.29) is 16.5 Å². The molecule has 92 valence electrons. The molecule has 4 nitrogen and oxygen atoms in total. The van der Waals surface area contributed by atoms with Gasteiger partial charge >= 0.3 is 6.09 Å². The van der Waals surface area contributed by atoms with Crippen molar-refractivity contribution in [3.63, 3.8) is 0 Å². The summed E-state index contributed by atoms with van der Waals surface area (Å²) in [7, 11) is 0. The van der Waals surface area contributed by atoms with Crippen molar-refractivity contribution in [3.8, 4) is 0 Å². The van der Waals surface area contributed by atoms with Gasteiger partial charge in [-0.2, -0.15) is 0 Å². The lowest BCUT2D eigenvalue weighted by atomic mass is 10.2. The first-order chi connectivity index (χ1) is 7.28. The predicted octanol–water partition coefficient (Wildman–Crippen LogP) is 2.28. The second-order valence-corrected chi connectivity index (χ2v) is 6.42. The lowest BCUT2D eigenvalue weighted by Gasteiger charge is -2.24. The highest BCUT2D eigenvalue weighted by Crippen LogP contribution is 2.24. The SMILES string of the molecule is CC(=O)S[C@@H]1CCN(C(=O)OC(C)(C)C)C1. The van der Waals surface area contributed by atoms with Crippen LogP contribution in [0.4, 0.5) is 4.79 Å². The highest BCUT2D eigenvalue weighted by molar-refractivity contribution is 8.14. The zero-order chi connectivity index (χ0) is 12.3. The Morgan fingerprint density at radius 2 is 2.00 bits per heavy atom. The van der Waals surface area contributed by atoms with Crippen LogP contribution in [0.2, 0.25) is 0 Å². The minimum absolute atomic E-state index is 0.107. The highest BCUT2D eigenvalue weighted by Gasteiger charge is 2.30. The van der Waals surface area contributed by atoms with Gasteiger partial charge < -0.3 is 9.64 Å². The maximum Gasteiger partial charge on any atom is 0.410 e. The molecule has 0 unspecified atom stereocenters. The number of likely N-dealkylation sites (tertiary alicyclic amines) is 1. The van der Waals surface area contributed by atoms with Crippen molar-refractivity contribution in [1.29, 1.82) is 0 Å². The van der Waals surface area contributed by atoms with E-state index in [9.17, 15) is 9.59 Å². The van der Waals surface area contributed by atoms with E-state index in [0.717, 1.165) is 6.42 Å². The predicted molar refractivity (Wildman–Crippen MR) is 64.5 cm³/mol. The molecule has 1 amide bonds. The standard InChI is InChI=1S/C11H19NO3S/c1-8(13)16-9-5-6-12(7-9)10(14)15-11(2,3)4/h9H,5-7H2,1-4H3/t9-/m1/s1. The zero-order valence-electron chi connectivity index (χ0n) is 10.3. The smallest absolute Gasteiger partial charge is 0.410 e. The molecule has 0 spiro atoms. The van der Waals surface area contributed by atoms with Crippen LogP contribution in [0.1, 0.15) is 34.1 Å². The molecule has 0 bridgehead atoms. The molecule has 0 radical (unpaired) electrons. The van der Waals surface area contributed by atoms with E-state index in [1.807, 2.05) is 20.8 Å². The van der Waals surface area contributed by atoms with E-state index in [1.165, 1.54) is 11.8 Å². The topological polar surface area (TPSA) is 46.6 Å². The van der Waals surface area contributed by atoms with E-state index >= 15 is 0 Å². The number of hydrogen-bond donors (Lipinski definition) is 0. The van der Waals surface area contributed by atoms with Crippen LogP contribution in [0, 0.1) is 0 Å². The minimum atomic E-state index is -0.455. The Balaban J connectivity index is 2.41. The molecule has 0 saturated carbocycles. The molecule has 0 aromatic heterocycles. The lowest BCUT2D eigenvalue weighted by molar-refractivity contribution is -0.109. The third-order valence-electron chi connectivity index (χ3n) is 2.13. The Kier molecular flexibility index (Phi) is 4.24. The normalized spacial score (nSPS) is 21.0. The summed E-state index contributed by atoms with van der Waals surface area (Å²) in [6.45, 7) is 8.40.